The molecule has 0 bridgehead atoms. The lowest BCUT2D eigenvalue weighted by Gasteiger charge is -2.40. The molecule has 0 aromatic heterocycles. The van der Waals surface area contributed by atoms with Crippen molar-refractivity contribution in [2.75, 3.05) is 6.61 Å². The van der Waals surface area contributed by atoms with Gasteiger partial charge in [-0.3, -0.25) is 9.59 Å². The molecular weight excluding hydrogens is 416 g/mol. The van der Waals surface area contributed by atoms with Crippen molar-refractivity contribution in [3.05, 3.63) is 108 Å². The molecule has 1 fully saturated rings. The monoisotopic (exact) mass is 444 g/mol. The van der Waals surface area contributed by atoms with Crippen LogP contribution in [0.1, 0.15) is 42.4 Å². The fourth-order valence-corrected chi connectivity index (χ4v) is 4.44. The first-order valence-corrected chi connectivity index (χ1v) is 11.3. The predicted molar refractivity (Wildman–Crippen MR) is 125 cm³/mol. The zero-order chi connectivity index (χ0) is 23.1. The average molecular weight is 445 g/mol. The Labute approximate surface area is 194 Å². The van der Waals surface area contributed by atoms with Crippen molar-refractivity contribution in [3.8, 4) is 0 Å². The third kappa shape index (κ3) is 4.99. The molecule has 1 aliphatic rings. The first-order chi connectivity index (χ1) is 16.1. The second-order valence-corrected chi connectivity index (χ2v) is 8.31. The van der Waals surface area contributed by atoms with Gasteiger partial charge in [-0.05, 0) is 36.0 Å². The normalized spacial score (nSPS) is 17.8. The van der Waals surface area contributed by atoms with Crippen LogP contribution in [0.15, 0.2) is 91.0 Å². The van der Waals surface area contributed by atoms with E-state index in [-0.39, 0.29) is 31.0 Å². The molecule has 4 rings (SSSR count). The Hall–Kier alpha value is -3.44. The quantitative estimate of drug-likeness (QED) is 0.251. The van der Waals surface area contributed by atoms with Crippen molar-refractivity contribution in [2.24, 2.45) is 5.92 Å². The van der Waals surface area contributed by atoms with Gasteiger partial charge in [0.15, 0.2) is 0 Å². The van der Waals surface area contributed by atoms with Crippen LogP contribution in [0.2, 0.25) is 0 Å². The zero-order valence-corrected chi connectivity index (χ0v) is 18.4. The minimum Gasteiger partial charge on any atom is -0.481 e. The van der Waals surface area contributed by atoms with E-state index in [4.69, 9.17) is 14.6 Å². The van der Waals surface area contributed by atoms with E-state index in [2.05, 4.69) is 0 Å². The molecule has 1 saturated heterocycles. The van der Waals surface area contributed by atoms with Gasteiger partial charge in [0, 0.05) is 6.42 Å². The number of benzene rings is 3. The number of carbonyl (C=O) groups excluding carboxylic acids is 1. The highest BCUT2D eigenvalue weighted by molar-refractivity contribution is 5.78. The van der Waals surface area contributed by atoms with Gasteiger partial charge < -0.3 is 14.6 Å². The van der Waals surface area contributed by atoms with Crippen LogP contribution in [0, 0.1) is 5.92 Å². The number of hydrogen-bond donors (Lipinski definition) is 1. The third-order valence-corrected chi connectivity index (χ3v) is 6.17. The van der Waals surface area contributed by atoms with Crippen LogP contribution in [-0.2, 0) is 24.7 Å². The Kier molecular flexibility index (Phi) is 7.20. The Morgan fingerprint density at radius 2 is 1.30 bits per heavy atom. The average Bonchev–Trinajstić information content (AvgIpc) is 2.85. The fourth-order valence-electron chi connectivity index (χ4n) is 4.44. The second-order valence-electron chi connectivity index (χ2n) is 8.31. The summed E-state index contributed by atoms with van der Waals surface area (Å²) in [6, 6.07) is 30.1. The van der Waals surface area contributed by atoms with Crippen LogP contribution in [0.4, 0.5) is 0 Å². The van der Waals surface area contributed by atoms with E-state index in [9.17, 15) is 9.59 Å². The molecule has 0 unspecified atom stereocenters. The Morgan fingerprint density at radius 3 is 1.73 bits per heavy atom. The van der Waals surface area contributed by atoms with E-state index >= 15 is 0 Å². The van der Waals surface area contributed by atoms with Gasteiger partial charge >= 0.3 is 11.9 Å². The maximum Gasteiger partial charge on any atom is 0.315 e. The van der Waals surface area contributed by atoms with Gasteiger partial charge in [0.2, 0.25) is 0 Å². The van der Waals surface area contributed by atoms with Crippen molar-refractivity contribution >= 4 is 11.9 Å². The topological polar surface area (TPSA) is 72.8 Å². The number of unbranched alkanes of at least 4 members (excludes halogenated alkanes) is 1. The van der Waals surface area contributed by atoms with Gasteiger partial charge in [0.1, 0.15) is 17.6 Å². The van der Waals surface area contributed by atoms with E-state index < -0.39 is 11.6 Å². The molecule has 170 valence electrons. The summed E-state index contributed by atoms with van der Waals surface area (Å²) < 4.78 is 12.1. The molecule has 5 heteroatoms. The molecule has 2 atom stereocenters. The number of ether oxygens (including phenoxy) is 2. The molecule has 0 amide bonds. The van der Waals surface area contributed by atoms with Gasteiger partial charge in [0.25, 0.3) is 0 Å². The van der Waals surface area contributed by atoms with Crippen molar-refractivity contribution in [1.82, 2.24) is 0 Å². The lowest BCUT2D eigenvalue weighted by Crippen LogP contribution is -2.49. The van der Waals surface area contributed by atoms with E-state index in [0.717, 1.165) is 16.7 Å². The summed E-state index contributed by atoms with van der Waals surface area (Å²) in [5, 5.41) is 8.84. The van der Waals surface area contributed by atoms with Crippen molar-refractivity contribution in [2.45, 2.75) is 37.4 Å². The van der Waals surface area contributed by atoms with Crippen LogP contribution in [-0.4, -0.2) is 29.8 Å². The van der Waals surface area contributed by atoms with E-state index in [1.807, 2.05) is 91.0 Å². The largest absolute Gasteiger partial charge is 0.481 e. The number of carboxylic acid groups (broad SMARTS) is 1. The molecule has 0 radical (unpaired) electrons. The van der Waals surface area contributed by atoms with Crippen LogP contribution in [0.25, 0.3) is 0 Å². The molecule has 0 spiro atoms. The maximum atomic E-state index is 12.3. The van der Waals surface area contributed by atoms with Gasteiger partial charge in [-0.1, -0.05) is 91.0 Å². The molecular formula is C28H28O5. The lowest BCUT2D eigenvalue weighted by molar-refractivity contribution is -0.194. The molecule has 3 aromatic rings. The number of carbonyl (C=O) groups is 2. The molecule has 0 aliphatic carbocycles. The summed E-state index contributed by atoms with van der Waals surface area (Å²) in [6.45, 7) is 0.209. The van der Waals surface area contributed by atoms with Crippen LogP contribution >= 0.6 is 0 Å². The molecule has 3 aromatic carbocycles. The highest BCUT2D eigenvalue weighted by Gasteiger charge is 2.45. The van der Waals surface area contributed by atoms with Gasteiger partial charge in [0.05, 0.1) is 6.61 Å². The van der Waals surface area contributed by atoms with Crippen molar-refractivity contribution in [3.63, 3.8) is 0 Å². The highest BCUT2D eigenvalue weighted by Crippen LogP contribution is 2.42. The first-order valence-electron chi connectivity index (χ1n) is 11.3. The summed E-state index contributed by atoms with van der Waals surface area (Å²) >= 11 is 0. The summed E-state index contributed by atoms with van der Waals surface area (Å²) in [4.78, 5) is 23.1. The predicted octanol–water partition coefficient (Wildman–Crippen LogP) is 5.18. The molecule has 0 saturated carbocycles. The molecule has 5 nitrogen and oxygen atoms in total. The van der Waals surface area contributed by atoms with Crippen LogP contribution < -0.4 is 0 Å². The number of rotatable bonds is 11. The van der Waals surface area contributed by atoms with Gasteiger partial charge in [-0.2, -0.15) is 0 Å². The summed E-state index contributed by atoms with van der Waals surface area (Å²) in [5.41, 5.74) is 2.06. The third-order valence-electron chi connectivity index (χ3n) is 6.17. The minimum atomic E-state index is -0.881. The smallest absolute Gasteiger partial charge is 0.315 e. The van der Waals surface area contributed by atoms with Crippen molar-refractivity contribution in [1.29, 1.82) is 0 Å². The number of esters is 1. The summed E-state index contributed by atoms with van der Waals surface area (Å²) in [6.07, 6.45) is 1.79. The van der Waals surface area contributed by atoms with Crippen molar-refractivity contribution < 1.29 is 24.2 Å². The number of carboxylic acids is 1. The second kappa shape index (κ2) is 10.5. The van der Waals surface area contributed by atoms with E-state index in [0.29, 0.717) is 19.3 Å². The molecule has 33 heavy (non-hydrogen) atoms. The molecule has 1 aliphatic heterocycles. The fraction of sp³-hybridized carbons (Fsp3) is 0.286. The zero-order valence-electron chi connectivity index (χ0n) is 18.4. The van der Waals surface area contributed by atoms with Gasteiger partial charge in [-0.25, -0.2) is 0 Å². The van der Waals surface area contributed by atoms with E-state index in [1.54, 1.807) is 0 Å². The van der Waals surface area contributed by atoms with E-state index in [1.165, 1.54) is 0 Å². The summed E-state index contributed by atoms with van der Waals surface area (Å²) in [7, 11) is 0. The van der Waals surface area contributed by atoms with Gasteiger partial charge in [-0.15, -0.1) is 0 Å². The minimum absolute atomic E-state index is 0.126. The lowest BCUT2D eigenvalue weighted by atomic mass is 9.79. The first kappa shape index (κ1) is 22.7. The molecule has 1 heterocycles. The molecule has 1 N–H and O–H groups in total. The Balaban J connectivity index is 1.62. The van der Waals surface area contributed by atoms with Crippen LogP contribution in [0.3, 0.4) is 0 Å². The number of cyclic esters (lactones) is 1. The summed E-state index contributed by atoms with van der Waals surface area (Å²) in [5.74, 6) is -1.44. The maximum absolute atomic E-state index is 12.3. The highest BCUT2D eigenvalue weighted by atomic mass is 16.6. The Bertz CT molecular complexity index is 953. The number of hydrogen-bond acceptors (Lipinski definition) is 4. The Morgan fingerprint density at radius 1 is 0.818 bits per heavy atom. The SMILES string of the molecule is O=C(O)CCCC[C@@H]1OC(=O)[C@H]1COC(c1ccccc1)(c1ccccc1)c1ccccc1. The van der Waals surface area contributed by atoms with Crippen LogP contribution in [0.5, 0.6) is 0 Å². The standard InChI is InChI=1S/C28H28O5/c29-26(30)19-11-10-18-25-24(27(31)33-25)20-32-28(21-12-4-1-5-13-21,22-14-6-2-7-15-22)23-16-8-3-9-17-23/h1-9,12-17,24-25H,10-11,18-20H2,(H,29,30)/t24-,25-/m0/s1. The number of aliphatic carboxylic acids is 1.